The molecule has 0 atom stereocenters. The maximum Gasteiger partial charge on any atom is 0.329 e. The maximum absolute atomic E-state index is 9.12. The molecule has 0 amide bonds. The summed E-state index contributed by atoms with van der Waals surface area (Å²) in [4.78, 5) is 9.12. The molecule has 0 bridgehead atoms. The summed E-state index contributed by atoms with van der Waals surface area (Å²) < 4.78 is 5.15. The number of hydrogen-bond acceptors (Lipinski definition) is 9. The largest absolute Gasteiger partial charge is 0.480 e. The normalized spacial score (nSPS) is 11.8. The van der Waals surface area contributed by atoms with Gasteiger partial charge in [-0.1, -0.05) is 0 Å². The molecule has 0 rings (SSSR count). The van der Waals surface area contributed by atoms with Gasteiger partial charge in [0.25, 0.3) is 0 Å². The lowest BCUT2D eigenvalue weighted by Crippen LogP contribution is -2.43. The third-order valence-corrected chi connectivity index (χ3v) is 2.96. The topological polar surface area (TPSA) is 188 Å². The molecule has 134 valence electrons. The Morgan fingerprint density at radius 1 is 0.682 bits per heavy atom. The summed E-state index contributed by atoms with van der Waals surface area (Å²) in [5.41, 5.74) is -2.32. The average Bonchev–Trinajstić information content (AvgIpc) is 2.57. The molecule has 10 heteroatoms. The standard InChI is InChI=1S/C10H22O7.C2H4O3/c11-1-9(2-12,3-13)7-17-8-10(4-14,5-15)6-16;3-1-2(4)5/h11-16H,1-8H2;3H,1H2,(H,4,5). The minimum Gasteiger partial charge on any atom is -0.480 e. The van der Waals surface area contributed by atoms with Gasteiger partial charge >= 0.3 is 5.97 Å². The minimum absolute atomic E-state index is 0.141. The number of aliphatic hydroxyl groups excluding tert-OH is 7. The Morgan fingerprint density at radius 2 is 0.909 bits per heavy atom. The second-order valence-electron chi connectivity index (χ2n) is 4.99. The highest BCUT2D eigenvalue weighted by atomic mass is 16.5. The van der Waals surface area contributed by atoms with Crippen molar-refractivity contribution in [3.8, 4) is 0 Å². The third kappa shape index (κ3) is 8.56. The molecular formula is C12H26O10. The summed E-state index contributed by atoms with van der Waals surface area (Å²) in [5.74, 6) is -1.19. The Kier molecular flexibility index (Phi) is 13.5. The average molecular weight is 330 g/mol. The van der Waals surface area contributed by atoms with Gasteiger partial charge in [0.05, 0.1) is 63.7 Å². The zero-order valence-electron chi connectivity index (χ0n) is 12.3. The van der Waals surface area contributed by atoms with Crippen molar-refractivity contribution in [2.24, 2.45) is 10.8 Å². The number of carboxylic acid groups (broad SMARTS) is 1. The summed E-state index contributed by atoms with van der Waals surface area (Å²) in [6, 6.07) is 0. The molecule has 0 unspecified atom stereocenters. The van der Waals surface area contributed by atoms with Crippen molar-refractivity contribution in [3.63, 3.8) is 0 Å². The molecule has 0 radical (unpaired) electrons. The molecular weight excluding hydrogens is 304 g/mol. The number of rotatable bonds is 11. The molecule has 0 aliphatic rings. The van der Waals surface area contributed by atoms with E-state index < -0.39 is 63.0 Å². The van der Waals surface area contributed by atoms with Crippen LogP contribution in [0.2, 0.25) is 0 Å². The SMILES string of the molecule is O=C(O)CO.OCC(CO)(CO)COCC(CO)(CO)CO. The van der Waals surface area contributed by atoms with Crippen molar-refractivity contribution < 1.29 is 50.4 Å². The van der Waals surface area contributed by atoms with Crippen LogP contribution in [0.4, 0.5) is 0 Å². The Balaban J connectivity index is 0. The van der Waals surface area contributed by atoms with Crippen molar-refractivity contribution in [1.29, 1.82) is 0 Å². The fourth-order valence-electron chi connectivity index (χ4n) is 1.06. The van der Waals surface area contributed by atoms with Crippen LogP contribution in [0.15, 0.2) is 0 Å². The summed E-state index contributed by atoms with van der Waals surface area (Å²) in [5, 5.41) is 69.2. The van der Waals surface area contributed by atoms with Crippen molar-refractivity contribution in [3.05, 3.63) is 0 Å². The first-order chi connectivity index (χ1) is 10.3. The van der Waals surface area contributed by atoms with Gasteiger partial charge in [0.2, 0.25) is 0 Å². The van der Waals surface area contributed by atoms with Crippen molar-refractivity contribution in [2.45, 2.75) is 0 Å². The fraction of sp³-hybridized carbons (Fsp3) is 0.917. The van der Waals surface area contributed by atoms with E-state index in [2.05, 4.69) is 0 Å². The molecule has 0 saturated carbocycles. The molecule has 0 aliphatic heterocycles. The van der Waals surface area contributed by atoms with E-state index in [0.717, 1.165) is 0 Å². The van der Waals surface area contributed by atoms with E-state index in [4.69, 9.17) is 50.4 Å². The van der Waals surface area contributed by atoms with Crippen LogP contribution in [-0.2, 0) is 9.53 Å². The predicted octanol–water partition coefficient (Wildman–Crippen LogP) is -4.01. The summed E-state index contributed by atoms with van der Waals surface area (Å²) in [6.45, 7) is -3.78. The van der Waals surface area contributed by atoms with E-state index >= 15 is 0 Å². The van der Waals surface area contributed by atoms with Crippen LogP contribution < -0.4 is 0 Å². The molecule has 0 fully saturated rings. The lowest BCUT2D eigenvalue weighted by Gasteiger charge is -2.31. The monoisotopic (exact) mass is 330 g/mol. The Bertz CT molecular complexity index is 239. The molecule has 0 aliphatic carbocycles. The van der Waals surface area contributed by atoms with E-state index in [9.17, 15) is 0 Å². The highest BCUT2D eigenvalue weighted by Crippen LogP contribution is 2.19. The van der Waals surface area contributed by atoms with Crippen LogP contribution >= 0.6 is 0 Å². The van der Waals surface area contributed by atoms with Crippen molar-refractivity contribution >= 4 is 5.97 Å². The lowest BCUT2D eigenvalue weighted by molar-refractivity contribution is -0.140. The quantitative estimate of drug-likeness (QED) is 0.185. The molecule has 22 heavy (non-hydrogen) atoms. The van der Waals surface area contributed by atoms with Gasteiger partial charge in [0.1, 0.15) is 6.61 Å². The van der Waals surface area contributed by atoms with Crippen molar-refractivity contribution in [1.82, 2.24) is 0 Å². The van der Waals surface area contributed by atoms with Crippen LogP contribution in [0, 0.1) is 10.8 Å². The maximum atomic E-state index is 9.12. The number of hydrogen-bond donors (Lipinski definition) is 8. The molecule has 8 N–H and O–H groups in total. The van der Waals surface area contributed by atoms with Gasteiger partial charge in [-0.15, -0.1) is 0 Å². The first kappa shape index (κ1) is 23.4. The number of carboxylic acids is 1. The summed E-state index contributed by atoms with van der Waals surface area (Å²) in [7, 11) is 0. The Labute approximate surface area is 127 Å². The third-order valence-electron chi connectivity index (χ3n) is 2.96. The Morgan fingerprint density at radius 3 is 1.05 bits per heavy atom. The van der Waals surface area contributed by atoms with E-state index in [1.54, 1.807) is 0 Å². The zero-order chi connectivity index (χ0) is 17.6. The second-order valence-corrected chi connectivity index (χ2v) is 4.99. The van der Waals surface area contributed by atoms with Gasteiger partial charge in [-0.05, 0) is 0 Å². The first-order valence-electron chi connectivity index (χ1n) is 6.40. The van der Waals surface area contributed by atoms with Crippen LogP contribution in [0.25, 0.3) is 0 Å². The summed E-state index contributed by atoms with van der Waals surface area (Å²) >= 11 is 0. The van der Waals surface area contributed by atoms with Gasteiger partial charge in [-0.2, -0.15) is 0 Å². The minimum atomic E-state index is -1.19. The molecule has 0 aromatic rings. The van der Waals surface area contributed by atoms with Gasteiger partial charge < -0.3 is 45.6 Å². The lowest BCUT2D eigenvalue weighted by atomic mass is 9.91. The van der Waals surface area contributed by atoms with Crippen LogP contribution in [0.5, 0.6) is 0 Å². The molecule has 0 heterocycles. The second kappa shape index (κ2) is 12.7. The number of ether oxygens (including phenoxy) is 1. The van der Waals surface area contributed by atoms with Crippen LogP contribution in [-0.4, -0.2) is 106 Å². The van der Waals surface area contributed by atoms with E-state index in [-0.39, 0.29) is 13.2 Å². The van der Waals surface area contributed by atoms with Gasteiger partial charge in [0.15, 0.2) is 0 Å². The highest BCUT2D eigenvalue weighted by Gasteiger charge is 2.32. The highest BCUT2D eigenvalue weighted by molar-refractivity contribution is 5.67. The van der Waals surface area contributed by atoms with Gasteiger partial charge in [0, 0.05) is 0 Å². The molecule has 0 spiro atoms. The van der Waals surface area contributed by atoms with Gasteiger partial charge in [-0.25, -0.2) is 4.79 Å². The number of aliphatic carboxylic acids is 1. The first-order valence-corrected chi connectivity index (χ1v) is 6.40. The van der Waals surface area contributed by atoms with E-state index in [1.807, 2.05) is 0 Å². The van der Waals surface area contributed by atoms with Crippen molar-refractivity contribution in [2.75, 3.05) is 59.5 Å². The Hall–Kier alpha value is -0.850. The van der Waals surface area contributed by atoms with Crippen LogP contribution in [0.3, 0.4) is 0 Å². The molecule has 0 saturated heterocycles. The smallest absolute Gasteiger partial charge is 0.329 e. The number of carbonyl (C=O) groups is 1. The van der Waals surface area contributed by atoms with E-state index in [1.165, 1.54) is 0 Å². The van der Waals surface area contributed by atoms with E-state index in [0.29, 0.717) is 0 Å². The molecule has 10 nitrogen and oxygen atoms in total. The summed E-state index contributed by atoms with van der Waals surface area (Å²) in [6.07, 6.45) is 0. The fourth-order valence-corrected chi connectivity index (χ4v) is 1.06. The molecule has 0 aromatic carbocycles. The van der Waals surface area contributed by atoms with Crippen LogP contribution in [0.1, 0.15) is 0 Å². The molecule has 0 aromatic heterocycles. The number of aliphatic hydroxyl groups is 7. The predicted molar refractivity (Wildman–Crippen MR) is 72.9 cm³/mol. The zero-order valence-corrected chi connectivity index (χ0v) is 12.3. The van der Waals surface area contributed by atoms with Gasteiger partial charge in [-0.3, -0.25) is 0 Å².